The predicted octanol–water partition coefficient (Wildman–Crippen LogP) is 2.91. The molecule has 0 unspecified atom stereocenters. The van der Waals surface area contributed by atoms with E-state index in [1.54, 1.807) is 18.0 Å². The summed E-state index contributed by atoms with van der Waals surface area (Å²) >= 11 is 3.14. The quantitative estimate of drug-likeness (QED) is 0.819. The summed E-state index contributed by atoms with van der Waals surface area (Å²) in [5.41, 5.74) is 7.70. The van der Waals surface area contributed by atoms with E-state index in [0.29, 0.717) is 5.13 Å². The van der Waals surface area contributed by atoms with Crippen LogP contribution in [0.2, 0.25) is 0 Å². The number of thioether (sulfide) groups is 1. The maximum Gasteiger partial charge on any atom is 0.239 e. The van der Waals surface area contributed by atoms with Gasteiger partial charge in [-0.25, -0.2) is 4.98 Å². The van der Waals surface area contributed by atoms with E-state index in [1.807, 2.05) is 20.0 Å². The van der Waals surface area contributed by atoms with Crippen molar-refractivity contribution in [3.8, 4) is 0 Å². The number of carbonyl (C=O) groups is 1. The first-order valence-electron chi connectivity index (χ1n) is 6.47. The second-order valence-electron chi connectivity index (χ2n) is 3.87. The highest BCUT2D eigenvalue weighted by Crippen LogP contribution is 2.29. The molecule has 7 heteroatoms. The Labute approximate surface area is 127 Å². The number of anilines is 1. The van der Waals surface area contributed by atoms with Crippen LogP contribution in [0.15, 0.2) is 27.2 Å². The molecule has 0 atom stereocenters. The van der Waals surface area contributed by atoms with Crippen LogP contribution >= 0.6 is 23.1 Å². The maximum absolute atomic E-state index is 11.1. The number of carbonyl (C=O) groups excluding carboxylic acids is 1. The largest absolute Gasteiger partial charge is 0.322 e. The van der Waals surface area contributed by atoms with Gasteiger partial charge in [-0.3, -0.25) is 9.79 Å². The van der Waals surface area contributed by atoms with Gasteiger partial charge in [0.2, 0.25) is 5.91 Å². The number of nitrogens with zero attached hydrogens (tertiary/aromatic N) is 2. The van der Waals surface area contributed by atoms with Gasteiger partial charge in [-0.2, -0.15) is 0 Å². The Kier molecular flexibility index (Phi) is 7.50. The SMILES string of the molecule is CC.CC1=CN=C(CSc2cnc(NC(=O)CN)s2)C1. The molecule has 0 saturated carbocycles. The lowest BCUT2D eigenvalue weighted by atomic mass is 10.2. The zero-order chi connectivity index (χ0) is 15.0. The van der Waals surface area contributed by atoms with Gasteiger partial charge in [-0.15, -0.1) is 11.8 Å². The molecule has 5 nitrogen and oxygen atoms in total. The highest BCUT2D eigenvalue weighted by Gasteiger charge is 2.09. The van der Waals surface area contributed by atoms with Gasteiger partial charge in [-0.1, -0.05) is 25.2 Å². The highest BCUT2D eigenvalue weighted by molar-refractivity contribution is 8.01. The molecule has 20 heavy (non-hydrogen) atoms. The summed E-state index contributed by atoms with van der Waals surface area (Å²) in [6, 6.07) is 0. The van der Waals surface area contributed by atoms with Crippen molar-refractivity contribution in [3.63, 3.8) is 0 Å². The number of aromatic nitrogens is 1. The Hall–Kier alpha value is -1.18. The van der Waals surface area contributed by atoms with Crippen molar-refractivity contribution < 1.29 is 4.79 Å². The molecule has 1 aliphatic rings. The summed E-state index contributed by atoms with van der Waals surface area (Å²) in [6.07, 6.45) is 4.63. The minimum absolute atomic E-state index is 0.0240. The molecule has 1 amide bonds. The average molecular weight is 312 g/mol. The van der Waals surface area contributed by atoms with Crippen LogP contribution in [0.4, 0.5) is 5.13 Å². The number of amides is 1. The van der Waals surface area contributed by atoms with E-state index in [9.17, 15) is 4.79 Å². The molecule has 1 aliphatic heterocycles. The monoisotopic (exact) mass is 312 g/mol. The molecular weight excluding hydrogens is 292 g/mol. The Morgan fingerprint density at radius 1 is 1.55 bits per heavy atom. The van der Waals surface area contributed by atoms with E-state index >= 15 is 0 Å². The highest BCUT2D eigenvalue weighted by atomic mass is 32.2. The predicted molar refractivity (Wildman–Crippen MR) is 87.7 cm³/mol. The van der Waals surface area contributed by atoms with Crippen molar-refractivity contribution in [2.24, 2.45) is 10.7 Å². The minimum atomic E-state index is -0.221. The number of allylic oxidation sites excluding steroid dienone is 1. The van der Waals surface area contributed by atoms with Gasteiger partial charge in [-0.05, 0) is 12.5 Å². The Morgan fingerprint density at radius 3 is 2.90 bits per heavy atom. The van der Waals surface area contributed by atoms with E-state index in [0.717, 1.165) is 16.4 Å². The van der Waals surface area contributed by atoms with E-state index in [1.165, 1.54) is 22.6 Å². The van der Waals surface area contributed by atoms with Gasteiger partial charge < -0.3 is 11.1 Å². The summed E-state index contributed by atoms with van der Waals surface area (Å²) in [6.45, 7) is 6.05. The Morgan fingerprint density at radius 2 is 2.30 bits per heavy atom. The molecule has 1 aromatic rings. The summed E-state index contributed by atoms with van der Waals surface area (Å²) in [4.78, 5) is 19.5. The van der Waals surface area contributed by atoms with Crippen LogP contribution in [0.5, 0.6) is 0 Å². The average Bonchev–Trinajstić information content (AvgIpc) is 3.08. The zero-order valence-electron chi connectivity index (χ0n) is 12.0. The lowest BCUT2D eigenvalue weighted by molar-refractivity contribution is -0.114. The summed E-state index contributed by atoms with van der Waals surface area (Å²) in [7, 11) is 0. The first kappa shape index (κ1) is 16.9. The van der Waals surface area contributed by atoms with Crippen molar-refractivity contribution in [1.29, 1.82) is 0 Å². The second-order valence-corrected chi connectivity index (χ2v) is 6.18. The topological polar surface area (TPSA) is 80.4 Å². The fourth-order valence-corrected chi connectivity index (χ4v) is 3.24. The van der Waals surface area contributed by atoms with Crippen LogP contribution in [0.1, 0.15) is 27.2 Å². The van der Waals surface area contributed by atoms with Crippen LogP contribution in [0.3, 0.4) is 0 Å². The first-order chi connectivity index (χ1) is 9.67. The van der Waals surface area contributed by atoms with E-state index in [-0.39, 0.29) is 12.5 Å². The molecular formula is C13H20N4OS2. The van der Waals surface area contributed by atoms with Crippen molar-refractivity contribution >= 4 is 39.8 Å². The number of nitrogens with one attached hydrogen (secondary N) is 1. The third-order valence-electron chi connectivity index (χ3n) is 2.25. The number of rotatable bonds is 5. The van der Waals surface area contributed by atoms with Crippen molar-refractivity contribution in [2.75, 3.05) is 17.6 Å². The van der Waals surface area contributed by atoms with Gasteiger partial charge in [0.05, 0.1) is 17.0 Å². The van der Waals surface area contributed by atoms with Gasteiger partial charge in [0, 0.05) is 24.1 Å². The molecule has 0 bridgehead atoms. The third kappa shape index (κ3) is 5.44. The lowest BCUT2D eigenvalue weighted by Crippen LogP contribution is -2.21. The van der Waals surface area contributed by atoms with E-state index in [4.69, 9.17) is 5.73 Å². The minimum Gasteiger partial charge on any atom is -0.322 e. The van der Waals surface area contributed by atoms with Gasteiger partial charge in [0.15, 0.2) is 5.13 Å². The van der Waals surface area contributed by atoms with Gasteiger partial charge in [0.25, 0.3) is 0 Å². The molecule has 1 aromatic heterocycles. The van der Waals surface area contributed by atoms with Crippen LogP contribution in [-0.4, -0.2) is 28.9 Å². The maximum atomic E-state index is 11.1. The number of hydrogen-bond donors (Lipinski definition) is 2. The number of hydrogen-bond acceptors (Lipinski definition) is 6. The lowest BCUT2D eigenvalue weighted by Gasteiger charge is -1.98. The van der Waals surface area contributed by atoms with Crippen LogP contribution in [-0.2, 0) is 4.79 Å². The number of aliphatic imine (C=N–C) groups is 1. The fraction of sp³-hybridized carbons (Fsp3) is 0.462. The number of thiazole rings is 1. The molecule has 0 aromatic carbocycles. The smallest absolute Gasteiger partial charge is 0.239 e. The van der Waals surface area contributed by atoms with Crippen molar-refractivity contribution in [1.82, 2.24) is 4.98 Å². The summed E-state index contributed by atoms with van der Waals surface area (Å²) in [5, 5.41) is 3.23. The molecule has 2 heterocycles. The standard InChI is InChI=1S/C11H14N4OS2.C2H6/c1-7-2-8(13-4-7)6-17-10-5-14-11(18-10)15-9(16)3-12;1-2/h4-5H,2-3,6,12H2,1H3,(H,14,15,16);1-2H3. The van der Waals surface area contributed by atoms with Gasteiger partial charge in [0.1, 0.15) is 0 Å². The molecule has 0 spiro atoms. The van der Waals surface area contributed by atoms with Crippen LogP contribution < -0.4 is 11.1 Å². The second kappa shape index (κ2) is 8.89. The molecule has 110 valence electrons. The van der Waals surface area contributed by atoms with Gasteiger partial charge >= 0.3 is 0 Å². The molecule has 0 aliphatic carbocycles. The third-order valence-corrected chi connectivity index (χ3v) is 4.43. The summed E-state index contributed by atoms with van der Waals surface area (Å²) in [5.74, 6) is 0.640. The number of nitrogens with two attached hydrogens (primary N) is 1. The molecule has 0 saturated heterocycles. The fourth-order valence-electron chi connectivity index (χ4n) is 1.41. The van der Waals surface area contributed by atoms with E-state index < -0.39 is 0 Å². The van der Waals surface area contributed by atoms with Crippen molar-refractivity contribution in [2.45, 2.75) is 31.4 Å². The molecule has 0 fully saturated rings. The van der Waals surface area contributed by atoms with Crippen LogP contribution in [0.25, 0.3) is 0 Å². The van der Waals surface area contributed by atoms with E-state index in [2.05, 4.69) is 22.2 Å². The molecule has 3 N–H and O–H groups in total. The van der Waals surface area contributed by atoms with Crippen LogP contribution in [0, 0.1) is 0 Å². The Bertz CT molecular complexity index is 508. The van der Waals surface area contributed by atoms with Crippen molar-refractivity contribution in [3.05, 3.63) is 18.0 Å². The first-order valence-corrected chi connectivity index (χ1v) is 8.27. The normalized spacial score (nSPS) is 13.2. The molecule has 2 rings (SSSR count). The summed E-state index contributed by atoms with van der Waals surface area (Å²) < 4.78 is 1.06. The molecule has 0 radical (unpaired) electrons. The zero-order valence-corrected chi connectivity index (χ0v) is 13.6. The Balaban J connectivity index is 0.000000956.